The highest BCUT2D eigenvalue weighted by Gasteiger charge is 2.12. The molecule has 2 rings (SSSR count). The van der Waals surface area contributed by atoms with Crippen LogP contribution in [0.25, 0.3) is 0 Å². The zero-order valence-electron chi connectivity index (χ0n) is 15.8. The van der Waals surface area contributed by atoms with Crippen LogP contribution in [0.3, 0.4) is 0 Å². The van der Waals surface area contributed by atoms with Crippen molar-refractivity contribution >= 4 is 11.6 Å². The minimum Gasteiger partial charge on any atom is -0.489 e. The van der Waals surface area contributed by atoms with Crippen LogP contribution < -0.4 is 10.2 Å². The van der Waals surface area contributed by atoms with E-state index < -0.39 is 0 Å². The zero-order valence-corrected chi connectivity index (χ0v) is 15.8. The number of ether oxygens (including phenoxy) is 1. The minimum atomic E-state index is -0.219. The molecule has 1 aliphatic carbocycles. The summed E-state index contributed by atoms with van der Waals surface area (Å²) in [5.41, 5.74) is 4.36. The average Bonchev–Trinajstić information content (AvgIpc) is 2.66. The van der Waals surface area contributed by atoms with E-state index in [0.29, 0.717) is 17.9 Å². The predicted octanol–water partition coefficient (Wildman–Crippen LogP) is 5.64. The Labute approximate surface area is 157 Å². The fourth-order valence-electron chi connectivity index (χ4n) is 3.25. The topological polar surface area (TPSA) is 50.7 Å². The lowest BCUT2D eigenvalue weighted by Crippen LogP contribution is -2.20. The van der Waals surface area contributed by atoms with E-state index in [2.05, 4.69) is 17.1 Å². The molecular weight excluding hydrogens is 324 g/mol. The number of para-hydroxylation sites is 1. The van der Waals surface area contributed by atoms with E-state index >= 15 is 0 Å². The van der Waals surface area contributed by atoms with Crippen molar-refractivity contribution in [2.24, 2.45) is 5.10 Å². The largest absolute Gasteiger partial charge is 0.489 e. The van der Waals surface area contributed by atoms with Crippen LogP contribution in [0.4, 0.5) is 0 Å². The summed E-state index contributed by atoms with van der Waals surface area (Å²) in [6, 6.07) is 7.24. The normalized spacial score (nSPS) is 16.7. The van der Waals surface area contributed by atoms with Gasteiger partial charge >= 0.3 is 0 Å². The van der Waals surface area contributed by atoms with Crippen LogP contribution in [0.2, 0.25) is 0 Å². The van der Waals surface area contributed by atoms with E-state index in [-0.39, 0.29) is 5.91 Å². The van der Waals surface area contributed by atoms with Gasteiger partial charge in [-0.3, -0.25) is 4.79 Å². The average molecular weight is 357 g/mol. The van der Waals surface area contributed by atoms with Gasteiger partial charge in [0, 0.05) is 5.71 Å². The second kappa shape index (κ2) is 12.3. The standard InChI is InChI=1S/C22H32N2O2/c1-2-18-26-21-17-13-12-16-20(21)22(25)24-23-19-14-10-8-6-4-3-5-7-9-11-15-19/h2,12-13,16-17H,1,3-11,14-15,18H2,(H,24,25). The van der Waals surface area contributed by atoms with Crippen LogP contribution in [0, 0.1) is 0 Å². The van der Waals surface area contributed by atoms with E-state index in [0.717, 1.165) is 31.4 Å². The number of carbonyl (C=O) groups is 1. The summed E-state index contributed by atoms with van der Waals surface area (Å²) in [6.45, 7) is 4.02. The Bertz CT molecular complexity index is 582. The summed E-state index contributed by atoms with van der Waals surface area (Å²) in [5.74, 6) is 0.340. The van der Waals surface area contributed by atoms with Gasteiger partial charge in [0.1, 0.15) is 12.4 Å². The van der Waals surface area contributed by atoms with E-state index in [4.69, 9.17) is 4.74 Å². The molecule has 4 heteroatoms. The Kier molecular flexibility index (Phi) is 9.55. The highest BCUT2D eigenvalue weighted by atomic mass is 16.5. The monoisotopic (exact) mass is 356 g/mol. The van der Waals surface area contributed by atoms with Gasteiger partial charge in [-0.15, -0.1) is 0 Å². The molecule has 4 nitrogen and oxygen atoms in total. The first kappa shape index (κ1) is 20.2. The van der Waals surface area contributed by atoms with Crippen molar-refractivity contribution in [3.63, 3.8) is 0 Å². The molecule has 0 radical (unpaired) electrons. The molecule has 0 aliphatic heterocycles. The molecule has 0 bridgehead atoms. The number of hydrogen-bond acceptors (Lipinski definition) is 3. The van der Waals surface area contributed by atoms with Crippen molar-refractivity contribution in [3.05, 3.63) is 42.5 Å². The molecule has 0 saturated heterocycles. The summed E-state index contributed by atoms with van der Waals surface area (Å²) < 4.78 is 5.56. The molecule has 26 heavy (non-hydrogen) atoms. The maximum Gasteiger partial charge on any atom is 0.275 e. The first-order valence-corrected chi connectivity index (χ1v) is 10.00. The molecule has 1 fully saturated rings. The van der Waals surface area contributed by atoms with Gasteiger partial charge in [-0.25, -0.2) is 5.43 Å². The maximum atomic E-state index is 12.5. The Morgan fingerprint density at radius 2 is 1.58 bits per heavy atom. The van der Waals surface area contributed by atoms with Gasteiger partial charge in [-0.1, -0.05) is 69.7 Å². The number of rotatable bonds is 5. The molecule has 0 spiro atoms. The van der Waals surface area contributed by atoms with Crippen molar-refractivity contribution in [1.29, 1.82) is 0 Å². The van der Waals surface area contributed by atoms with Gasteiger partial charge in [0.05, 0.1) is 5.56 Å². The van der Waals surface area contributed by atoms with Crippen LogP contribution >= 0.6 is 0 Å². The highest BCUT2D eigenvalue weighted by molar-refractivity contribution is 5.97. The second-order valence-electron chi connectivity index (χ2n) is 6.90. The number of hydrogen-bond donors (Lipinski definition) is 1. The van der Waals surface area contributed by atoms with E-state index in [1.807, 2.05) is 12.1 Å². The number of carbonyl (C=O) groups excluding carboxylic acids is 1. The van der Waals surface area contributed by atoms with E-state index in [1.165, 1.54) is 44.9 Å². The van der Waals surface area contributed by atoms with Crippen molar-refractivity contribution in [2.75, 3.05) is 6.61 Å². The third-order valence-corrected chi connectivity index (χ3v) is 4.73. The third kappa shape index (κ3) is 7.42. The van der Waals surface area contributed by atoms with Gasteiger partial charge in [0.15, 0.2) is 0 Å². The van der Waals surface area contributed by atoms with Gasteiger partial charge in [-0.2, -0.15) is 5.10 Å². The van der Waals surface area contributed by atoms with Crippen LogP contribution in [0.1, 0.15) is 81.0 Å². The molecule has 142 valence electrons. The number of hydrazone groups is 1. The molecule has 0 aromatic heterocycles. The second-order valence-corrected chi connectivity index (χ2v) is 6.90. The molecule has 1 amide bonds. The van der Waals surface area contributed by atoms with Gasteiger partial charge in [-0.05, 0) is 37.8 Å². The number of nitrogens with one attached hydrogen (secondary N) is 1. The Morgan fingerprint density at radius 3 is 2.19 bits per heavy atom. The van der Waals surface area contributed by atoms with Crippen LogP contribution in [-0.2, 0) is 0 Å². The quantitative estimate of drug-likeness (QED) is 0.548. The van der Waals surface area contributed by atoms with Gasteiger partial charge in [0.2, 0.25) is 0 Å². The molecule has 1 aliphatic rings. The fraction of sp³-hybridized carbons (Fsp3) is 0.545. The molecule has 1 saturated carbocycles. The lowest BCUT2D eigenvalue weighted by atomic mass is 10.00. The summed E-state index contributed by atoms with van der Waals surface area (Å²) in [4.78, 5) is 12.5. The van der Waals surface area contributed by atoms with Crippen molar-refractivity contribution < 1.29 is 9.53 Å². The Hall–Kier alpha value is -2.10. The molecule has 0 atom stereocenters. The Balaban J connectivity index is 1.96. The maximum absolute atomic E-state index is 12.5. The van der Waals surface area contributed by atoms with Crippen molar-refractivity contribution in [2.45, 2.75) is 70.6 Å². The molecule has 1 N–H and O–H groups in total. The van der Waals surface area contributed by atoms with E-state index in [9.17, 15) is 4.79 Å². The van der Waals surface area contributed by atoms with Crippen LogP contribution in [-0.4, -0.2) is 18.2 Å². The summed E-state index contributed by atoms with van der Waals surface area (Å²) >= 11 is 0. The first-order chi connectivity index (χ1) is 12.8. The SMILES string of the molecule is C=CCOc1ccccc1C(=O)NN=C1CCCCCCCCCCC1. The lowest BCUT2D eigenvalue weighted by Gasteiger charge is -2.11. The summed E-state index contributed by atoms with van der Waals surface area (Å²) in [7, 11) is 0. The zero-order chi connectivity index (χ0) is 18.5. The third-order valence-electron chi connectivity index (χ3n) is 4.73. The predicted molar refractivity (Wildman–Crippen MR) is 108 cm³/mol. The summed E-state index contributed by atoms with van der Waals surface area (Å²) in [5, 5.41) is 4.45. The van der Waals surface area contributed by atoms with E-state index in [1.54, 1.807) is 18.2 Å². The van der Waals surface area contributed by atoms with Crippen molar-refractivity contribution in [1.82, 2.24) is 5.43 Å². The molecule has 1 aromatic carbocycles. The first-order valence-electron chi connectivity index (χ1n) is 10.00. The lowest BCUT2D eigenvalue weighted by molar-refractivity contribution is 0.0951. The smallest absolute Gasteiger partial charge is 0.275 e. The number of amides is 1. The van der Waals surface area contributed by atoms with Crippen LogP contribution in [0.5, 0.6) is 5.75 Å². The van der Waals surface area contributed by atoms with Gasteiger partial charge < -0.3 is 4.74 Å². The van der Waals surface area contributed by atoms with Crippen LogP contribution in [0.15, 0.2) is 42.0 Å². The minimum absolute atomic E-state index is 0.219. The highest BCUT2D eigenvalue weighted by Crippen LogP contribution is 2.18. The van der Waals surface area contributed by atoms with Crippen molar-refractivity contribution in [3.8, 4) is 5.75 Å². The van der Waals surface area contributed by atoms with Gasteiger partial charge in [0.25, 0.3) is 5.91 Å². The number of benzene rings is 1. The molecule has 0 unspecified atom stereocenters. The fourth-order valence-corrected chi connectivity index (χ4v) is 3.25. The Morgan fingerprint density at radius 1 is 1.00 bits per heavy atom. The number of nitrogens with zero attached hydrogens (tertiary/aromatic N) is 1. The molecular formula is C22H32N2O2. The molecule has 0 heterocycles. The summed E-state index contributed by atoms with van der Waals surface area (Å²) in [6.07, 6.45) is 15.2. The molecule has 1 aromatic rings.